The lowest BCUT2D eigenvalue weighted by atomic mass is 10.0. The maximum atomic E-state index is 12.9. The second kappa shape index (κ2) is 6.27. The van der Waals surface area contributed by atoms with Crippen LogP contribution < -0.4 is 5.48 Å². The summed E-state index contributed by atoms with van der Waals surface area (Å²) in [6, 6.07) is 14.3. The van der Waals surface area contributed by atoms with Gasteiger partial charge in [0.15, 0.2) is 0 Å². The lowest BCUT2D eigenvalue weighted by molar-refractivity contribution is 0.150. The molecule has 0 fully saturated rings. The Balaban J connectivity index is 2.24. The Kier molecular flexibility index (Phi) is 4.44. The number of nitrogens with one attached hydrogen (secondary N) is 1. The van der Waals surface area contributed by atoms with Crippen LogP contribution in [0.1, 0.15) is 12.5 Å². The summed E-state index contributed by atoms with van der Waals surface area (Å²) in [5, 5.41) is 8.73. The Morgan fingerprint density at radius 2 is 1.84 bits per heavy atom. The highest BCUT2D eigenvalue weighted by Crippen LogP contribution is 2.21. The number of benzene rings is 2. The largest absolute Gasteiger partial charge is 0.316 e. The molecule has 1 atom stereocenters. The highest BCUT2D eigenvalue weighted by atomic mass is 19.1. The van der Waals surface area contributed by atoms with Gasteiger partial charge in [-0.2, -0.15) is 5.48 Å². The van der Waals surface area contributed by atoms with Gasteiger partial charge in [0.2, 0.25) is 0 Å². The Labute approximate surface area is 112 Å². The molecule has 0 radical (unpaired) electrons. The number of hydrogen-bond donors (Lipinski definition) is 2. The maximum absolute atomic E-state index is 12.9. The summed E-state index contributed by atoms with van der Waals surface area (Å²) in [7, 11) is 0. The van der Waals surface area contributed by atoms with Gasteiger partial charge >= 0.3 is 0 Å². The highest BCUT2D eigenvalue weighted by Gasteiger charge is 1.99. The predicted octanol–water partition coefficient (Wildman–Crippen LogP) is 3.87. The number of rotatable bonds is 4. The smallest absolute Gasteiger partial charge is 0.123 e. The van der Waals surface area contributed by atoms with E-state index in [1.165, 1.54) is 12.1 Å². The van der Waals surface area contributed by atoms with E-state index in [1.54, 1.807) is 12.1 Å². The van der Waals surface area contributed by atoms with Crippen LogP contribution in [0.2, 0.25) is 0 Å². The predicted molar refractivity (Wildman–Crippen MR) is 75.3 cm³/mol. The second-order valence-corrected chi connectivity index (χ2v) is 4.41. The van der Waals surface area contributed by atoms with Crippen molar-refractivity contribution in [2.45, 2.75) is 13.0 Å². The average Bonchev–Trinajstić information content (AvgIpc) is 2.46. The minimum atomic E-state index is -0.234. The van der Waals surface area contributed by atoms with E-state index in [0.717, 1.165) is 16.7 Å². The first kappa shape index (κ1) is 13.5. The summed E-state index contributed by atoms with van der Waals surface area (Å²) in [4.78, 5) is 0. The van der Waals surface area contributed by atoms with E-state index < -0.39 is 0 Å². The van der Waals surface area contributed by atoms with Crippen LogP contribution in [0.5, 0.6) is 0 Å². The zero-order valence-corrected chi connectivity index (χ0v) is 10.7. The molecular formula is C16H16FNO. The first-order valence-corrected chi connectivity index (χ1v) is 6.13. The normalized spacial score (nSPS) is 12.8. The van der Waals surface area contributed by atoms with Crippen LogP contribution >= 0.6 is 0 Å². The molecular weight excluding hydrogens is 241 g/mol. The standard InChI is InChI=1S/C16H16FNO/c1-12(18-19)5-6-13-3-2-4-15(11-13)14-7-9-16(17)10-8-14/h2-12,18-19H,1H3/t12-/m1/s1. The van der Waals surface area contributed by atoms with Gasteiger partial charge < -0.3 is 5.21 Å². The third-order valence-corrected chi connectivity index (χ3v) is 2.85. The molecule has 0 saturated heterocycles. The molecule has 2 N–H and O–H groups in total. The van der Waals surface area contributed by atoms with Crippen molar-refractivity contribution in [3.63, 3.8) is 0 Å². The topological polar surface area (TPSA) is 32.3 Å². The molecule has 0 amide bonds. The van der Waals surface area contributed by atoms with Gasteiger partial charge in [0, 0.05) is 6.04 Å². The van der Waals surface area contributed by atoms with E-state index in [9.17, 15) is 4.39 Å². The van der Waals surface area contributed by atoms with Crippen molar-refractivity contribution in [1.82, 2.24) is 5.48 Å². The van der Waals surface area contributed by atoms with Gasteiger partial charge in [-0.3, -0.25) is 0 Å². The highest BCUT2D eigenvalue weighted by molar-refractivity contribution is 5.67. The molecule has 98 valence electrons. The first-order valence-electron chi connectivity index (χ1n) is 6.13. The monoisotopic (exact) mass is 257 g/mol. The lowest BCUT2D eigenvalue weighted by Crippen LogP contribution is -2.18. The molecule has 2 aromatic carbocycles. The van der Waals surface area contributed by atoms with Crippen LogP contribution in [-0.4, -0.2) is 11.2 Å². The Morgan fingerprint density at radius 3 is 2.53 bits per heavy atom. The summed E-state index contributed by atoms with van der Waals surface area (Å²) in [6.45, 7) is 1.85. The molecule has 0 aliphatic heterocycles. The van der Waals surface area contributed by atoms with Crippen LogP contribution in [0.3, 0.4) is 0 Å². The summed E-state index contributed by atoms with van der Waals surface area (Å²) in [5.74, 6) is -0.234. The van der Waals surface area contributed by atoms with Crippen molar-refractivity contribution >= 4 is 6.08 Å². The molecule has 2 nitrogen and oxygen atoms in total. The summed E-state index contributed by atoms with van der Waals surface area (Å²) in [5.41, 5.74) is 5.20. The van der Waals surface area contributed by atoms with Gasteiger partial charge in [0.25, 0.3) is 0 Å². The molecule has 0 aromatic heterocycles. The fourth-order valence-electron chi connectivity index (χ4n) is 1.76. The fraction of sp³-hybridized carbons (Fsp3) is 0.125. The molecule has 0 unspecified atom stereocenters. The Hall–Kier alpha value is -1.97. The second-order valence-electron chi connectivity index (χ2n) is 4.41. The van der Waals surface area contributed by atoms with Crippen LogP contribution in [0.15, 0.2) is 54.6 Å². The van der Waals surface area contributed by atoms with Gasteiger partial charge in [-0.15, -0.1) is 0 Å². The maximum Gasteiger partial charge on any atom is 0.123 e. The number of halogens is 1. The Morgan fingerprint density at radius 1 is 1.11 bits per heavy atom. The van der Waals surface area contributed by atoms with Gasteiger partial charge in [-0.25, -0.2) is 4.39 Å². The molecule has 19 heavy (non-hydrogen) atoms. The van der Waals surface area contributed by atoms with Crippen LogP contribution in [0, 0.1) is 5.82 Å². The van der Waals surface area contributed by atoms with Crippen molar-refractivity contribution in [2.24, 2.45) is 0 Å². The zero-order valence-electron chi connectivity index (χ0n) is 10.7. The van der Waals surface area contributed by atoms with E-state index >= 15 is 0 Å². The van der Waals surface area contributed by atoms with Gasteiger partial charge in [-0.1, -0.05) is 42.5 Å². The molecule has 0 aliphatic rings. The van der Waals surface area contributed by atoms with Gasteiger partial charge in [0.1, 0.15) is 5.82 Å². The van der Waals surface area contributed by atoms with Crippen molar-refractivity contribution in [3.8, 4) is 11.1 Å². The van der Waals surface area contributed by atoms with Crippen molar-refractivity contribution in [1.29, 1.82) is 0 Å². The van der Waals surface area contributed by atoms with E-state index in [2.05, 4.69) is 5.48 Å². The van der Waals surface area contributed by atoms with Crippen molar-refractivity contribution in [3.05, 3.63) is 66.0 Å². The van der Waals surface area contributed by atoms with Gasteiger partial charge in [-0.05, 0) is 41.8 Å². The van der Waals surface area contributed by atoms with E-state index in [0.29, 0.717) is 0 Å². The van der Waals surface area contributed by atoms with Gasteiger partial charge in [0.05, 0.1) is 0 Å². The average molecular weight is 257 g/mol. The van der Waals surface area contributed by atoms with E-state index in [1.807, 2.05) is 43.3 Å². The van der Waals surface area contributed by atoms with Crippen molar-refractivity contribution in [2.75, 3.05) is 0 Å². The van der Waals surface area contributed by atoms with E-state index in [-0.39, 0.29) is 11.9 Å². The zero-order chi connectivity index (χ0) is 13.7. The minimum Gasteiger partial charge on any atom is -0.316 e. The molecule has 0 spiro atoms. The number of hydroxylamine groups is 1. The summed E-state index contributed by atoms with van der Waals surface area (Å²) in [6.07, 6.45) is 3.80. The third kappa shape index (κ3) is 3.74. The van der Waals surface area contributed by atoms with Crippen LogP contribution in [-0.2, 0) is 0 Å². The molecule has 3 heteroatoms. The molecule has 0 saturated carbocycles. The fourth-order valence-corrected chi connectivity index (χ4v) is 1.76. The van der Waals surface area contributed by atoms with Crippen LogP contribution in [0.4, 0.5) is 4.39 Å². The number of hydrogen-bond acceptors (Lipinski definition) is 2. The molecule has 2 rings (SSSR count). The molecule has 2 aromatic rings. The van der Waals surface area contributed by atoms with E-state index in [4.69, 9.17) is 5.21 Å². The molecule has 0 bridgehead atoms. The minimum absolute atomic E-state index is 0.102. The summed E-state index contributed by atoms with van der Waals surface area (Å²) < 4.78 is 12.9. The SMILES string of the molecule is C[C@H](C=Cc1cccc(-c2ccc(F)cc2)c1)NO. The Bertz CT molecular complexity index is 563. The first-order chi connectivity index (χ1) is 9.19. The molecule has 0 heterocycles. The van der Waals surface area contributed by atoms with Crippen LogP contribution in [0.25, 0.3) is 17.2 Å². The summed E-state index contributed by atoms with van der Waals surface area (Å²) >= 11 is 0. The lowest BCUT2D eigenvalue weighted by Gasteiger charge is -2.04. The van der Waals surface area contributed by atoms with Crippen molar-refractivity contribution < 1.29 is 9.60 Å². The molecule has 0 aliphatic carbocycles. The quantitative estimate of drug-likeness (QED) is 0.815. The third-order valence-electron chi connectivity index (χ3n) is 2.85.